The monoisotopic (exact) mass is 613 g/mol. The molecule has 4 aromatic rings. The Bertz CT molecular complexity index is 1600. The molecule has 0 bridgehead atoms. The fourth-order valence-electron chi connectivity index (χ4n) is 5.34. The molecule has 2 aromatic carbocycles. The summed E-state index contributed by atoms with van der Waals surface area (Å²) in [5, 5.41) is 26.6. The summed E-state index contributed by atoms with van der Waals surface area (Å²) in [5.41, 5.74) is 1.41. The number of hydrogen-bond donors (Lipinski definition) is 2. The topological polar surface area (TPSA) is 109 Å². The molecule has 1 atom stereocenters. The lowest BCUT2D eigenvalue weighted by Gasteiger charge is -2.40. The van der Waals surface area contributed by atoms with Gasteiger partial charge in [-0.3, -0.25) is 0 Å². The second kappa shape index (κ2) is 11.2. The number of anilines is 1. The van der Waals surface area contributed by atoms with Gasteiger partial charge < -0.3 is 24.4 Å². The van der Waals surface area contributed by atoms with E-state index in [0.717, 1.165) is 24.2 Å². The van der Waals surface area contributed by atoms with E-state index in [9.17, 15) is 15.0 Å². The lowest BCUT2D eigenvalue weighted by atomic mass is 9.85. The summed E-state index contributed by atoms with van der Waals surface area (Å²) in [5.74, 6) is 1.04. The van der Waals surface area contributed by atoms with Crippen LogP contribution in [0, 0.1) is 0 Å². The molecule has 1 saturated heterocycles. The third kappa shape index (κ3) is 5.62. The molecule has 11 heteroatoms. The van der Waals surface area contributed by atoms with E-state index in [0.29, 0.717) is 62.8 Å². The summed E-state index contributed by atoms with van der Waals surface area (Å²) in [6, 6.07) is 13.5. The number of β-amino-alcohol motifs (C(OH)–C–C–N with tert-alkyl or cyclic N) is 1. The molecule has 1 saturated carbocycles. The normalized spacial score (nSPS) is 18.9. The van der Waals surface area contributed by atoms with Gasteiger partial charge in [0.25, 0.3) is 0 Å². The minimum Gasteiger partial charge on any atom is -0.489 e. The van der Waals surface area contributed by atoms with Crippen molar-refractivity contribution in [3.05, 3.63) is 92.2 Å². The Labute approximate surface area is 251 Å². The summed E-state index contributed by atoms with van der Waals surface area (Å²) in [7, 11) is 0. The first-order valence-corrected chi connectivity index (χ1v) is 14.4. The van der Waals surface area contributed by atoms with Crippen LogP contribution < -0.4 is 9.64 Å². The van der Waals surface area contributed by atoms with Gasteiger partial charge in [0, 0.05) is 29.8 Å². The minimum atomic E-state index is -1.25. The van der Waals surface area contributed by atoms with Crippen LogP contribution in [0.2, 0.25) is 15.1 Å². The molecule has 2 N–H and O–H groups in total. The molecule has 1 aliphatic heterocycles. The molecule has 1 unspecified atom stereocenters. The average Bonchev–Trinajstić information content (AvgIpc) is 3.72. The number of carboxylic acid groups (broad SMARTS) is 1. The average molecular weight is 615 g/mol. The molecule has 2 fully saturated rings. The number of piperidine rings is 1. The Morgan fingerprint density at radius 2 is 1.88 bits per heavy atom. The van der Waals surface area contributed by atoms with Crippen molar-refractivity contribution in [2.24, 2.45) is 0 Å². The van der Waals surface area contributed by atoms with Crippen LogP contribution in [-0.2, 0) is 12.2 Å². The number of hydrogen-bond acceptors (Lipinski definition) is 7. The molecule has 8 nitrogen and oxygen atoms in total. The second-order valence-corrected chi connectivity index (χ2v) is 11.7. The number of ether oxygens (including phenoxy) is 1. The van der Waals surface area contributed by atoms with Crippen LogP contribution in [-0.4, -0.2) is 39.4 Å². The van der Waals surface area contributed by atoms with Crippen molar-refractivity contribution in [2.75, 3.05) is 18.0 Å². The molecule has 1 aliphatic carbocycles. The van der Waals surface area contributed by atoms with Gasteiger partial charge in [0.05, 0.1) is 32.7 Å². The molecule has 0 amide bonds. The van der Waals surface area contributed by atoms with Crippen LogP contribution in [0.15, 0.2) is 59.3 Å². The number of rotatable bonds is 8. The van der Waals surface area contributed by atoms with Crippen LogP contribution in [0.3, 0.4) is 0 Å². The Hall–Kier alpha value is -3.30. The molecule has 2 aliphatic rings. The SMILES string of the molecule is O=C(O)c1ccnc(N2CCCC(O)(c3ccc(OCc4c(-c5c(Cl)cccc5Cl)noc4C4CC4)cc3Cl)C2)c1. The zero-order chi connectivity index (χ0) is 28.7. The maximum atomic E-state index is 11.7. The fourth-order valence-corrected chi connectivity index (χ4v) is 6.27. The highest BCUT2D eigenvalue weighted by atomic mass is 35.5. The number of aromatic nitrogens is 2. The van der Waals surface area contributed by atoms with Crippen molar-refractivity contribution < 1.29 is 24.3 Å². The maximum Gasteiger partial charge on any atom is 0.335 e. The third-order valence-electron chi connectivity index (χ3n) is 7.58. The lowest BCUT2D eigenvalue weighted by Crippen LogP contribution is -2.46. The second-order valence-electron chi connectivity index (χ2n) is 10.4. The van der Waals surface area contributed by atoms with E-state index in [1.165, 1.54) is 18.3 Å². The van der Waals surface area contributed by atoms with Gasteiger partial charge in [0.15, 0.2) is 0 Å². The lowest BCUT2D eigenvalue weighted by molar-refractivity contribution is 0.0218. The van der Waals surface area contributed by atoms with Gasteiger partial charge in [-0.1, -0.05) is 52.1 Å². The van der Waals surface area contributed by atoms with Crippen LogP contribution in [0.4, 0.5) is 5.82 Å². The highest BCUT2D eigenvalue weighted by Crippen LogP contribution is 2.46. The summed E-state index contributed by atoms with van der Waals surface area (Å²) < 4.78 is 11.9. The quantitative estimate of drug-likeness (QED) is 0.212. The molecule has 0 spiro atoms. The van der Waals surface area contributed by atoms with E-state index in [-0.39, 0.29) is 24.6 Å². The smallest absolute Gasteiger partial charge is 0.335 e. The molecular weight excluding hydrogens is 589 g/mol. The van der Waals surface area contributed by atoms with Gasteiger partial charge in [-0.15, -0.1) is 0 Å². The molecular formula is C30H26Cl3N3O5. The van der Waals surface area contributed by atoms with Crippen molar-refractivity contribution in [2.45, 2.75) is 43.8 Å². The number of aliphatic hydroxyl groups is 1. The van der Waals surface area contributed by atoms with E-state index in [4.69, 9.17) is 44.1 Å². The van der Waals surface area contributed by atoms with Gasteiger partial charge in [0.1, 0.15) is 35.2 Å². The van der Waals surface area contributed by atoms with Crippen LogP contribution >= 0.6 is 34.8 Å². The number of carbonyl (C=O) groups is 1. The Morgan fingerprint density at radius 1 is 1.10 bits per heavy atom. The first kappa shape index (κ1) is 27.8. The van der Waals surface area contributed by atoms with Gasteiger partial charge in [-0.25, -0.2) is 9.78 Å². The third-order valence-corrected chi connectivity index (χ3v) is 8.52. The minimum absolute atomic E-state index is 0.140. The van der Waals surface area contributed by atoms with Crippen molar-refractivity contribution >= 4 is 46.6 Å². The predicted molar refractivity (Wildman–Crippen MR) is 156 cm³/mol. The molecule has 41 heavy (non-hydrogen) atoms. The van der Waals surface area contributed by atoms with Crippen molar-refractivity contribution in [1.29, 1.82) is 0 Å². The Morgan fingerprint density at radius 3 is 2.59 bits per heavy atom. The summed E-state index contributed by atoms with van der Waals surface area (Å²) in [4.78, 5) is 17.6. The van der Waals surface area contributed by atoms with Crippen molar-refractivity contribution in [1.82, 2.24) is 10.1 Å². The fraction of sp³-hybridized carbons (Fsp3) is 0.300. The van der Waals surface area contributed by atoms with Crippen molar-refractivity contribution in [3.63, 3.8) is 0 Å². The standard InChI is InChI=1S/C30H26Cl3N3O5/c31-22-3-1-4-23(32)26(22)27-20(28(41-35-27)17-5-6-17)15-40-19-7-8-21(24(33)14-19)30(39)10-2-12-36(16-30)25-13-18(29(37)38)9-11-34-25/h1,3-4,7-9,11,13-14,17,39H,2,5-6,10,12,15-16H2,(H,37,38). The number of pyridine rings is 1. The first-order valence-electron chi connectivity index (χ1n) is 13.3. The van der Waals surface area contributed by atoms with E-state index < -0.39 is 11.6 Å². The van der Waals surface area contributed by atoms with E-state index in [1.807, 2.05) is 4.90 Å². The van der Waals surface area contributed by atoms with Crippen molar-refractivity contribution in [3.8, 4) is 17.0 Å². The number of halogens is 3. The number of benzene rings is 2. The van der Waals surface area contributed by atoms with Crippen LogP contribution in [0.25, 0.3) is 11.3 Å². The van der Waals surface area contributed by atoms with Crippen LogP contribution in [0.1, 0.15) is 58.8 Å². The molecule has 3 heterocycles. The zero-order valence-corrected chi connectivity index (χ0v) is 24.1. The number of carboxylic acids is 1. The summed E-state index contributed by atoms with van der Waals surface area (Å²) in [6.07, 6.45) is 4.67. The van der Waals surface area contributed by atoms with Gasteiger partial charge in [-0.05, 0) is 62.1 Å². The van der Waals surface area contributed by atoms with Gasteiger partial charge in [-0.2, -0.15) is 0 Å². The molecule has 6 rings (SSSR count). The predicted octanol–water partition coefficient (Wildman–Crippen LogP) is 7.34. The highest BCUT2D eigenvalue weighted by molar-refractivity contribution is 6.39. The van der Waals surface area contributed by atoms with E-state index in [2.05, 4.69) is 10.1 Å². The maximum absolute atomic E-state index is 11.7. The van der Waals surface area contributed by atoms with Gasteiger partial charge in [0.2, 0.25) is 0 Å². The highest BCUT2D eigenvalue weighted by Gasteiger charge is 2.38. The number of nitrogens with zero attached hydrogens (tertiary/aromatic N) is 3. The number of aromatic carboxylic acids is 1. The van der Waals surface area contributed by atoms with E-state index >= 15 is 0 Å². The summed E-state index contributed by atoms with van der Waals surface area (Å²) >= 11 is 19.7. The largest absolute Gasteiger partial charge is 0.489 e. The first-order chi connectivity index (χ1) is 19.7. The Balaban J connectivity index is 1.22. The molecule has 2 aromatic heterocycles. The molecule has 212 valence electrons. The summed E-state index contributed by atoms with van der Waals surface area (Å²) in [6.45, 7) is 1.03. The zero-order valence-electron chi connectivity index (χ0n) is 21.8. The van der Waals surface area contributed by atoms with Crippen LogP contribution in [0.5, 0.6) is 5.75 Å². The Kier molecular flexibility index (Phi) is 7.59. The van der Waals surface area contributed by atoms with E-state index in [1.54, 1.807) is 36.4 Å². The molecule has 0 radical (unpaired) electrons. The van der Waals surface area contributed by atoms with Gasteiger partial charge >= 0.3 is 5.97 Å².